The Labute approximate surface area is 191 Å². The van der Waals surface area contributed by atoms with Crippen LogP contribution in [-0.4, -0.2) is 40.9 Å². The molecule has 1 aliphatic heterocycles. The van der Waals surface area contributed by atoms with Gasteiger partial charge in [0.1, 0.15) is 5.69 Å². The van der Waals surface area contributed by atoms with Gasteiger partial charge in [-0.25, -0.2) is 4.79 Å². The Morgan fingerprint density at radius 1 is 1.38 bits per heavy atom. The van der Waals surface area contributed by atoms with Crippen molar-refractivity contribution in [1.29, 1.82) is 0 Å². The van der Waals surface area contributed by atoms with Crippen molar-refractivity contribution in [3.8, 4) is 0 Å². The van der Waals surface area contributed by atoms with E-state index in [0.717, 1.165) is 29.0 Å². The number of rotatable bonds is 6. The third-order valence-corrected chi connectivity index (χ3v) is 6.48. The van der Waals surface area contributed by atoms with E-state index in [0.29, 0.717) is 0 Å². The Hall–Kier alpha value is -2.41. The lowest BCUT2D eigenvalue weighted by Gasteiger charge is -2.45. The first-order chi connectivity index (χ1) is 14.9. The van der Waals surface area contributed by atoms with Crippen LogP contribution in [0.4, 0.5) is 35.4 Å². The van der Waals surface area contributed by atoms with Gasteiger partial charge in [-0.15, -0.1) is 20.4 Å². The molecule has 0 spiro atoms. The molecule has 1 N–H and O–H groups in total. The van der Waals surface area contributed by atoms with Crippen LogP contribution in [0, 0.1) is 0 Å². The van der Waals surface area contributed by atoms with Crippen LogP contribution in [-0.2, 0) is 4.74 Å². The molecule has 1 aliphatic rings. The van der Waals surface area contributed by atoms with Crippen LogP contribution in [0.15, 0.2) is 22.4 Å². The summed E-state index contributed by atoms with van der Waals surface area (Å²) in [6.45, 7) is 8.12. The van der Waals surface area contributed by atoms with Crippen LogP contribution in [0.2, 0.25) is 0 Å². The molecule has 174 valence electrons. The molecule has 1 atom stereocenters. The Morgan fingerprint density at radius 3 is 2.75 bits per heavy atom. The van der Waals surface area contributed by atoms with Crippen molar-refractivity contribution in [3.63, 3.8) is 0 Å². The Bertz CT molecular complexity index is 1020. The number of fused-ring (bicyclic) bond motifs is 1. The van der Waals surface area contributed by atoms with Crippen molar-refractivity contribution in [3.05, 3.63) is 22.7 Å². The number of anilines is 2. The van der Waals surface area contributed by atoms with Gasteiger partial charge in [0.15, 0.2) is 0 Å². The molecule has 1 aromatic heterocycles. The molecule has 8 nitrogen and oxygen atoms in total. The molecular formula is C19H23F3N6O2S2. The normalized spacial score (nSPS) is 18.0. The Morgan fingerprint density at radius 2 is 2.09 bits per heavy atom. The quantitative estimate of drug-likeness (QED) is 0.284. The van der Waals surface area contributed by atoms with Crippen molar-refractivity contribution in [2.45, 2.75) is 51.1 Å². The highest BCUT2D eigenvalue weighted by molar-refractivity contribution is 8.01. The minimum absolute atomic E-state index is 0.0229. The maximum atomic E-state index is 12.8. The number of benzene rings is 1. The van der Waals surface area contributed by atoms with Gasteiger partial charge in [-0.1, -0.05) is 18.3 Å². The number of aromatic nitrogens is 2. The van der Waals surface area contributed by atoms with Crippen LogP contribution in [0.1, 0.15) is 55.4 Å². The molecule has 1 aromatic carbocycles. The van der Waals surface area contributed by atoms with E-state index in [-0.39, 0.29) is 51.5 Å². The van der Waals surface area contributed by atoms with Crippen molar-refractivity contribution in [2.75, 3.05) is 23.3 Å². The first-order valence-corrected chi connectivity index (χ1v) is 11.4. The number of carbonyl (C=O) groups excluding carboxylic acids is 1. The second-order valence-electron chi connectivity index (χ2n) is 7.86. The molecular weight excluding hydrogens is 465 g/mol. The van der Waals surface area contributed by atoms with Crippen molar-refractivity contribution < 1.29 is 22.7 Å². The standard InChI is InChI=1S/C19H23F3N6O2S2/c1-6-30-16(29)15-24-26-17(31-15)25-23-12-7-11-10(2)9-18(3,4)28(5)14(11)8-13(12)27-32-19(20,21)22/h7-8,10,27H,6,9H2,1-5H3. The maximum Gasteiger partial charge on any atom is 0.461 e. The highest BCUT2D eigenvalue weighted by atomic mass is 32.2. The Balaban J connectivity index is 1.97. The third-order valence-electron chi connectivity index (χ3n) is 5.14. The van der Waals surface area contributed by atoms with Crippen molar-refractivity contribution >= 4 is 51.4 Å². The predicted octanol–water partition coefficient (Wildman–Crippen LogP) is 6.43. The summed E-state index contributed by atoms with van der Waals surface area (Å²) in [7, 11) is 1.92. The molecule has 0 aliphatic carbocycles. The van der Waals surface area contributed by atoms with E-state index in [9.17, 15) is 18.0 Å². The topological polar surface area (TPSA) is 92.1 Å². The van der Waals surface area contributed by atoms with Gasteiger partial charge in [0.05, 0.1) is 24.2 Å². The van der Waals surface area contributed by atoms with Crippen LogP contribution in [0.25, 0.3) is 0 Å². The first-order valence-electron chi connectivity index (χ1n) is 9.76. The third kappa shape index (κ3) is 5.49. The first kappa shape index (κ1) is 24.2. The van der Waals surface area contributed by atoms with E-state index in [1.807, 2.05) is 7.05 Å². The zero-order valence-corrected chi connectivity index (χ0v) is 19.8. The lowest BCUT2D eigenvalue weighted by Crippen LogP contribution is -2.45. The molecule has 1 unspecified atom stereocenters. The van der Waals surface area contributed by atoms with E-state index in [4.69, 9.17) is 4.74 Å². The number of esters is 1. The SMILES string of the molecule is CCOC(=O)c1nnc(N=Nc2cc3c(cc2NSC(F)(F)F)N(C)C(C)(C)CC3C)s1. The Kier molecular flexibility index (Phi) is 6.98. The number of carbonyl (C=O) groups is 1. The van der Waals surface area contributed by atoms with Gasteiger partial charge in [0.2, 0.25) is 5.01 Å². The number of alkyl halides is 3. The van der Waals surface area contributed by atoms with Crippen molar-refractivity contribution in [1.82, 2.24) is 10.2 Å². The van der Waals surface area contributed by atoms with Gasteiger partial charge in [-0.3, -0.25) is 0 Å². The predicted molar refractivity (Wildman–Crippen MR) is 119 cm³/mol. The van der Waals surface area contributed by atoms with Crippen LogP contribution >= 0.6 is 23.3 Å². The number of hydrogen-bond acceptors (Lipinski definition) is 10. The molecule has 13 heteroatoms. The monoisotopic (exact) mass is 488 g/mol. The van der Waals surface area contributed by atoms with Gasteiger partial charge < -0.3 is 14.4 Å². The number of azo groups is 1. The number of nitrogens with zero attached hydrogens (tertiary/aromatic N) is 5. The summed E-state index contributed by atoms with van der Waals surface area (Å²) in [5, 5.41) is 15.7. The van der Waals surface area contributed by atoms with E-state index in [1.165, 1.54) is 0 Å². The highest BCUT2D eigenvalue weighted by Crippen LogP contribution is 2.47. The van der Waals surface area contributed by atoms with Crippen LogP contribution in [0.3, 0.4) is 0 Å². The molecule has 0 saturated heterocycles. The summed E-state index contributed by atoms with van der Waals surface area (Å²) in [6, 6.07) is 3.39. The van der Waals surface area contributed by atoms with E-state index < -0.39 is 11.5 Å². The maximum absolute atomic E-state index is 12.8. The molecule has 2 heterocycles. The van der Waals surface area contributed by atoms with Gasteiger partial charge in [-0.05, 0) is 50.8 Å². The van der Waals surface area contributed by atoms with Gasteiger partial charge in [0.25, 0.3) is 5.13 Å². The van der Waals surface area contributed by atoms with Crippen LogP contribution in [0.5, 0.6) is 0 Å². The summed E-state index contributed by atoms with van der Waals surface area (Å²) in [6.07, 6.45) is 0.871. The van der Waals surface area contributed by atoms with E-state index in [1.54, 1.807) is 19.1 Å². The summed E-state index contributed by atoms with van der Waals surface area (Å²) < 4.78 is 45.7. The number of ether oxygens (including phenoxy) is 1. The molecule has 0 saturated carbocycles. The van der Waals surface area contributed by atoms with E-state index >= 15 is 0 Å². The zero-order chi connectivity index (χ0) is 23.7. The second kappa shape index (κ2) is 9.22. The summed E-state index contributed by atoms with van der Waals surface area (Å²) in [4.78, 5) is 13.8. The molecule has 0 bridgehead atoms. The van der Waals surface area contributed by atoms with Gasteiger partial charge in [0, 0.05) is 18.3 Å². The average Bonchev–Trinajstić information content (AvgIpc) is 3.17. The highest BCUT2D eigenvalue weighted by Gasteiger charge is 2.35. The fraction of sp³-hybridized carbons (Fsp3) is 0.526. The largest absolute Gasteiger partial charge is 0.461 e. The van der Waals surface area contributed by atoms with Crippen LogP contribution < -0.4 is 9.62 Å². The second-order valence-corrected chi connectivity index (χ2v) is 9.69. The summed E-state index contributed by atoms with van der Waals surface area (Å²) in [5.41, 5.74) is -2.43. The summed E-state index contributed by atoms with van der Waals surface area (Å²) in [5.74, 6) is -0.449. The lowest BCUT2D eigenvalue weighted by atomic mass is 9.80. The average molecular weight is 489 g/mol. The zero-order valence-electron chi connectivity index (χ0n) is 18.1. The van der Waals surface area contributed by atoms with E-state index in [2.05, 4.69) is 50.8 Å². The van der Waals surface area contributed by atoms with Gasteiger partial charge >= 0.3 is 11.5 Å². The number of nitrogens with one attached hydrogen (secondary N) is 1. The molecule has 3 rings (SSSR count). The molecule has 2 aromatic rings. The fourth-order valence-electron chi connectivity index (χ4n) is 3.51. The number of halogens is 3. The minimum Gasteiger partial charge on any atom is -0.461 e. The molecule has 0 fully saturated rings. The molecule has 0 amide bonds. The lowest BCUT2D eigenvalue weighted by molar-refractivity contribution is -0.0323. The molecule has 0 radical (unpaired) electrons. The minimum atomic E-state index is -4.48. The summed E-state index contributed by atoms with van der Waals surface area (Å²) >= 11 is 0.514. The fourth-order valence-corrected chi connectivity index (χ4v) is 4.45. The number of hydrogen-bond donors (Lipinski definition) is 1. The smallest absolute Gasteiger partial charge is 0.461 e. The van der Waals surface area contributed by atoms with Gasteiger partial charge in [-0.2, -0.15) is 13.2 Å². The van der Waals surface area contributed by atoms with Crippen molar-refractivity contribution in [2.24, 2.45) is 10.2 Å². The molecule has 32 heavy (non-hydrogen) atoms.